The van der Waals surface area contributed by atoms with Gasteiger partial charge in [-0.1, -0.05) is 23.8 Å². The number of nitrogens with zero attached hydrogens (tertiary/aromatic N) is 2. The first-order chi connectivity index (χ1) is 11.5. The Morgan fingerprint density at radius 1 is 1.38 bits per heavy atom. The van der Waals surface area contributed by atoms with Crippen LogP contribution in [0.4, 0.5) is 0 Å². The molecule has 1 saturated heterocycles. The van der Waals surface area contributed by atoms with Crippen molar-refractivity contribution in [2.45, 2.75) is 20.0 Å². The van der Waals surface area contributed by atoms with Gasteiger partial charge in [-0.15, -0.1) is 11.3 Å². The maximum atomic E-state index is 12.6. The number of hydrogen-bond acceptors (Lipinski definition) is 5. The van der Waals surface area contributed by atoms with Gasteiger partial charge in [0.15, 0.2) is 6.10 Å². The van der Waals surface area contributed by atoms with E-state index < -0.39 is 12.1 Å². The minimum atomic E-state index is -1.05. The van der Waals surface area contributed by atoms with Crippen molar-refractivity contribution in [1.82, 2.24) is 9.88 Å². The molecule has 1 aliphatic heterocycles. The summed E-state index contributed by atoms with van der Waals surface area (Å²) in [5.74, 6) is -1.31. The summed E-state index contributed by atoms with van der Waals surface area (Å²) >= 11 is 1.42. The van der Waals surface area contributed by atoms with E-state index in [1.807, 2.05) is 26.0 Å². The molecule has 24 heavy (non-hydrogen) atoms. The molecule has 0 aliphatic carbocycles. The molecule has 0 unspecified atom stereocenters. The minimum absolute atomic E-state index is 0.0462. The molecule has 0 saturated carbocycles. The molecule has 0 radical (unpaired) electrons. The Morgan fingerprint density at radius 2 is 2.17 bits per heavy atom. The Kier molecular flexibility index (Phi) is 4.64. The minimum Gasteiger partial charge on any atom is -0.479 e. The first-order valence-electron chi connectivity index (χ1n) is 7.62. The van der Waals surface area contributed by atoms with Crippen LogP contribution in [0.5, 0.6) is 0 Å². The fraction of sp³-hybridized carbons (Fsp3) is 0.353. The second-order valence-electron chi connectivity index (χ2n) is 5.81. The zero-order chi connectivity index (χ0) is 17.3. The van der Waals surface area contributed by atoms with Crippen LogP contribution in [0.15, 0.2) is 23.6 Å². The first-order valence-corrected chi connectivity index (χ1v) is 8.50. The number of morpholine rings is 1. The highest BCUT2D eigenvalue weighted by atomic mass is 32.1. The van der Waals surface area contributed by atoms with Crippen LogP contribution in [0.1, 0.15) is 21.6 Å². The third-order valence-corrected chi connectivity index (χ3v) is 4.84. The summed E-state index contributed by atoms with van der Waals surface area (Å²) in [5.41, 5.74) is 3.65. The van der Waals surface area contributed by atoms with Crippen LogP contribution >= 0.6 is 11.3 Å². The highest BCUT2D eigenvalue weighted by Gasteiger charge is 2.30. The second-order valence-corrected chi connectivity index (χ2v) is 6.66. The molecule has 1 amide bonds. The normalized spacial score (nSPS) is 17.8. The van der Waals surface area contributed by atoms with E-state index >= 15 is 0 Å². The lowest BCUT2D eigenvalue weighted by Gasteiger charge is -2.30. The number of thiazole rings is 1. The Morgan fingerprint density at radius 3 is 2.88 bits per heavy atom. The maximum absolute atomic E-state index is 12.6. The number of hydrogen-bond donors (Lipinski definition) is 1. The van der Waals surface area contributed by atoms with Gasteiger partial charge < -0.3 is 14.7 Å². The number of ether oxygens (including phenoxy) is 1. The molecule has 1 fully saturated rings. The summed E-state index contributed by atoms with van der Waals surface area (Å²) in [4.78, 5) is 29.6. The number of aliphatic carboxylic acids is 1. The van der Waals surface area contributed by atoms with Gasteiger partial charge in [-0.25, -0.2) is 9.78 Å². The molecular formula is C17H18N2O4S. The molecule has 0 spiro atoms. The van der Waals surface area contributed by atoms with Gasteiger partial charge in [0.2, 0.25) is 0 Å². The van der Waals surface area contributed by atoms with Gasteiger partial charge >= 0.3 is 5.97 Å². The van der Waals surface area contributed by atoms with Crippen LogP contribution in [0.3, 0.4) is 0 Å². The molecule has 6 nitrogen and oxygen atoms in total. The van der Waals surface area contributed by atoms with E-state index in [2.05, 4.69) is 11.1 Å². The summed E-state index contributed by atoms with van der Waals surface area (Å²) in [6.45, 7) is 4.69. The van der Waals surface area contributed by atoms with Crippen LogP contribution in [0.2, 0.25) is 0 Å². The number of carbonyl (C=O) groups is 2. The number of aromatic nitrogens is 1. The third kappa shape index (κ3) is 3.32. The van der Waals surface area contributed by atoms with Crippen molar-refractivity contribution in [1.29, 1.82) is 0 Å². The summed E-state index contributed by atoms with van der Waals surface area (Å²) in [6.07, 6.45) is -0.972. The smallest absolute Gasteiger partial charge is 0.334 e. The van der Waals surface area contributed by atoms with Crippen molar-refractivity contribution in [2.24, 2.45) is 0 Å². The fourth-order valence-electron chi connectivity index (χ4n) is 2.69. The van der Waals surface area contributed by atoms with Crippen molar-refractivity contribution < 1.29 is 19.4 Å². The number of carbonyl (C=O) groups excluding carboxylic acids is 1. The van der Waals surface area contributed by atoms with E-state index in [0.29, 0.717) is 12.2 Å². The molecule has 1 aromatic carbocycles. The van der Waals surface area contributed by atoms with Crippen LogP contribution in [-0.4, -0.2) is 52.7 Å². The van der Waals surface area contributed by atoms with E-state index in [1.54, 1.807) is 5.38 Å². The molecule has 1 aliphatic rings. The Bertz CT molecular complexity index is 787. The predicted molar refractivity (Wildman–Crippen MR) is 90.3 cm³/mol. The summed E-state index contributed by atoms with van der Waals surface area (Å²) < 4.78 is 5.15. The molecule has 3 rings (SSSR count). The molecule has 1 atom stereocenters. The molecule has 2 aromatic rings. The van der Waals surface area contributed by atoms with Gasteiger partial charge in [0.25, 0.3) is 5.91 Å². The SMILES string of the molecule is Cc1ccc(-c2nc(C(=O)N3CCO[C@@H](C(=O)O)C3)cs2)c(C)c1. The monoisotopic (exact) mass is 346 g/mol. The van der Waals surface area contributed by atoms with E-state index in [-0.39, 0.29) is 19.1 Å². The zero-order valence-corrected chi connectivity index (χ0v) is 14.3. The highest BCUT2D eigenvalue weighted by molar-refractivity contribution is 7.13. The lowest BCUT2D eigenvalue weighted by Crippen LogP contribution is -2.48. The van der Waals surface area contributed by atoms with Gasteiger partial charge in [0.05, 0.1) is 13.2 Å². The van der Waals surface area contributed by atoms with E-state index in [9.17, 15) is 9.59 Å². The van der Waals surface area contributed by atoms with Crippen LogP contribution in [0, 0.1) is 13.8 Å². The van der Waals surface area contributed by atoms with Crippen molar-refractivity contribution >= 4 is 23.2 Å². The molecule has 126 valence electrons. The van der Waals surface area contributed by atoms with Crippen molar-refractivity contribution in [3.05, 3.63) is 40.4 Å². The average molecular weight is 346 g/mol. The number of carboxylic acids is 1. The zero-order valence-electron chi connectivity index (χ0n) is 13.5. The van der Waals surface area contributed by atoms with Gasteiger partial charge in [0.1, 0.15) is 10.7 Å². The number of amides is 1. The predicted octanol–water partition coefficient (Wildman–Crippen LogP) is 2.35. The fourth-order valence-corrected chi connectivity index (χ4v) is 3.58. The molecular weight excluding hydrogens is 328 g/mol. The summed E-state index contributed by atoms with van der Waals surface area (Å²) in [6, 6.07) is 6.11. The maximum Gasteiger partial charge on any atom is 0.334 e. The van der Waals surface area contributed by atoms with Gasteiger partial charge in [-0.05, 0) is 19.4 Å². The number of aryl methyl sites for hydroxylation is 2. The molecule has 7 heteroatoms. The van der Waals surface area contributed by atoms with E-state index in [1.165, 1.54) is 21.8 Å². The Labute approximate surface area is 143 Å². The largest absolute Gasteiger partial charge is 0.479 e. The van der Waals surface area contributed by atoms with E-state index in [0.717, 1.165) is 16.1 Å². The van der Waals surface area contributed by atoms with Gasteiger partial charge in [-0.2, -0.15) is 0 Å². The van der Waals surface area contributed by atoms with Crippen molar-refractivity contribution in [2.75, 3.05) is 19.7 Å². The van der Waals surface area contributed by atoms with Crippen molar-refractivity contribution in [3.8, 4) is 10.6 Å². The van der Waals surface area contributed by atoms with Crippen LogP contribution in [0.25, 0.3) is 10.6 Å². The third-order valence-electron chi connectivity index (χ3n) is 3.96. The lowest BCUT2D eigenvalue weighted by atomic mass is 10.1. The highest BCUT2D eigenvalue weighted by Crippen LogP contribution is 2.28. The standard InChI is InChI=1S/C17H18N2O4S/c1-10-3-4-12(11(2)7-10)15-18-13(9-24-15)16(20)19-5-6-23-14(8-19)17(21)22/h3-4,7,9,14H,5-6,8H2,1-2H3,(H,21,22)/t14-/m1/s1. The summed E-state index contributed by atoms with van der Waals surface area (Å²) in [5, 5.41) is 11.6. The van der Waals surface area contributed by atoms with Crippen molar-refractivity contribution in [3.63, 3.8) is 0 Å². The van der Waals surface area contributed by atoms with Crippen LogP contribution < -0.4 is 0 Å². The average Bonchev–Trinajstić information content (AvgIpc) is 3.04. The van der Waals surface area contributed by atoms with Crippen LogP contribution in [-0.2, 0) is 9.53 Å². The molecule has 2 heterocycles. The van der Waals surface area contributed by atoms with E-state index in [4.69, 9.17) is 9.84 Å². The molecule has 0 bridgehead atoms. The summed E-state index contributed by atoms with van der Waals surface area (Å²) in [7, 11) is 0. The second kappa shape index (κ2) is 6.70. The topological polar surface area (TPSA) is 79.7 Å². The number of benzene rings is 1. The molecule has 1 N–H and O–H groups in total. The Hall–Kier alpha value is -2.25. The number of rotatable bonds is 3. The Balaban J connectivity index is 1.80. The first kappa shape index (κ1) is 16.6. The quantitative estimate of drug-likeness (QED) is 0.923. The molecule has 1 aromatic heterocycles. The van der Waals surface area contributed by atoms with Gasteiger partial charge in [-0.3, -0.25) is 4.79 Å². The lowest BCUT2D eigenvalue weighted by molar-refractivity contribution is -0.154. The number of carboxylic acid groups (broad SMARTS) is 1. The van der Waals surface area contributed by atoms with Gasteiger partial charge in [0, 0.05) is 17.5 Å².